The molecule has 0 radical (unpaired) electrons. The summed E-state index contributed by atoms with van der Waals surface area (Å²) < 4.78 is 0. The predicted octanol–water partition coefficient (Wildman–Crippen LogP) is 7.79. The highest BCUT2D eigenvalue weighted by Crippen LogP contribution is 2.74. The lowest BCUT2D eigenvalue weighted by Gasteiger charge is -2.66. The molecule has 0 heterocycles. The molecule has 3 aliphatic carbocycles. The van der Waals surface area contributed by atoms with Crippen LogP contribution in [0.15, 0.2) is 23.8 Å². The molecule has 3 nitrogen and oxygen atoms in total. The highest BCUT2D eigenvalue weighted by molar-refractivity contribution is 5.66. The summed E-state index contributed by atoms with van der Waals surface area (Å²) in [6.45, 7) is 20.3. The molecule has 0 spiro atoms. The van der Waals surface area contributed by atoms with E-state index in [2.05, 4.69) is 61.1 Å². The Hall–Kier alpha value is -1.09. The molecule has 3 rings (SSSR count). The average Bonchev–Trinajstić information content (AvgIpc) is 3.05. The number of hydrogen-bond donors (Lipinski definition) is 2. The van der Waals surface area contributed by atoms with Crippen molar-refractivity contribution >= 4 is 5.97 Å². The summed E-state index contributed by atoms with van der Waals surface area (Å²) in [5, 5.41) is 21.1. The standard InChI is InChI=1S/C30H50O3/c1-20(2)10-9-16-30(8,33)24-14-18-28(6)23(24)11-12-25-27(5,17-15-26(31)32)22(21(3)4)13-19-29(25,28)7/h10,22-25,33H,3,9,11-19H2,1-2,4-8H3,(H,31,32)/t22-,23-,24+,25-,27+,28-,29-,30+/m1/s1. The Morgan fingerprint density at radius 2 is 1.70 bits per heavy atom. The summed E-state index contributed by atoms with van der Waals surface area (Å²) >= 11 is 0. The van der Waals surface area contributed by atoms with Crippen molar-refractivity contribution in [3.63, 3.8) is 0 Å². The van der Waals surface area contributed by atoms with Gasteiger partial charge in [-0.15, -0.1) is 0 Å². The number of rotatable bonds is 8. The lowest BCUT2D eigenvalue weighted by atomic mass is 9.38. The minimum absolute atomic E-state index is 0.0186. The van der Waals surface area contributed by atoms with Crippen molar-refractivity contribution < 1.29 is 15.0 Å². The quantitative estimate of drug-likeness (QED) is 0.365. The Morgan fingerprint density at radius 1 is 1.06 bits per heavy atom. The van der Waals surface area contributed by atoms with E-state index in [0.717, 1.165) is 44.9 Å². The first kappa shape index (κ1) is 26.5. The molecule has 0 aromatic heterocycles. The van der Waals surface area contributed by atoms with Gasteiger partial charge in [-0.05, 0) is 125 Å². The van der Waals surface area contributed by atoms with Crippen LogP contribution in [0.2, 0.25) is 0 Å². The summed E-state index contributed by atoms with van der Waals surface area (Å²) in [5.74, 6) is 1.13. The SMILES string of the molecule is C=C(C)[C@H]1CC[C@]2(C)[C@H](CC[C@@H]3[C@@H]([C@@](C)(O)CCC=C(C)C)CC[C@]32C)[C@@]1(C)CCC(=O)O. The van der Waals surface area contributed by atoms with Gasteiger partial charge >= 0.3 is 5.97 Å². The molecule has 188 valence electrons. The average molecular weight is 459 g/mol. The molecule has 0 saturated heterocycles. The number of hydrogen-bond acceptors (Lipinski definition) is 2. The Labute approximate surface area is 203 Å². The van der Waals surface area contributed by atoms with Crippen LogP contribution >= 0.6 is 0 Å². The molecule has 0 amide bonds. The van der Waals surface area contributed by atoms with Crippen LogP contribution in [0.5, 0.6) is 0 Å². The van der Waals surface area contributed by atoms with E-state index in [1.54, 1.807) is 0 Å². The third-order valence-corrected chi connectivity index (χ3v) is 11.1. The van der Waals surface area contributed by atoms with E-state index < -0.39 is 11.6 Å². The van der Waals surface area contributed by atoms with E-state index in [0.29, 0.717) is 23.7 Å². The van der Waals surface area contributed by atoms with Gasteiger partial charge in [0, 0.05) is 6.42 Å². The summed E-state index contributed by atoms with van der Waals surface area (Å²) in [4.78, 5) is 11.6. The molecule has 0 aliphatic heterocycles. The van der Waals surface area contributed by atoms with Crippen LogP contribution in [0.25, 0.3) is 0 Å². The zero-order valence-corrected chi connectivity index (χ0v) is 22.5. The highest BCUT2D eigenvalue weighted by Gasteiger charge is 2.67. The van der Waals surface area contributed by atoms with Crippen molar-refractivity contribution in [2.75, 3.05) is 0 Å². The van der Waals surface area contributed by atoms with Gasteiger partial charge in [-0.25, -0.2) is 0 Å². The predicted molar refractivity (Wildman–Crippen MR) is 137 cm³/mol. The van der Waals surface area contributed by atoms with Crippen molar-refractivity contribution in [3.05, 3.63) is 23.8 Å². The molecular weight excluding hydrogens is 408 g/mol. The van der Waals surface area contributed by atoms with Crippen molar-refractivity contribution in [1.29, 1.82) is 0 Å². The monoisotopic (exact) mass is 458 g/mol. The maximum atomic E-state index is 11.6. The van der Waals surface area contributed by atoms with Gasteiger partial charge in [-0.2, -0.15) is 0 Å². The van der Waals surface area contributed by atoms with Gasteiger partial charge in [-0.3, -0.25) is 4.79 Å². The van der Waals surface area contributed by atoms with Crippen LogP contribution in [0.3, 0.4) is 0 Å². The Kier molecular flexibility index (Phi) is 7.37. The second-order valence-corrected chi connectivity index (χ2v) is 13.2. The number of fused-ring (bicyclic) bond motifs is 3. The number of aliphatic carboxylic acids is 1. The molecule has 0 aromatic rings. The molecule has 0 unspecified atom stereocenters. The van der Waals surface area contributed by atoms with Crippen LogP contribution in [-0.4, -0.2) is 21.8 Å². The molecular formula is C30H50O3. The van der Waals surface area contributed by atoms with Gasteiger partial charge in [0.2, 0.25) is 0 Å². The second kappa shape index (κ2) is 9.17. The summed E-state index contributed by atoms with van der Waals surface area (Å²) in [6.07, 6.45) is 11.9. The first-order chi connectivity index (χ1) is 15.2. The fraction of sp³-hybridized carbons (Fsp3) is 0.833. The van der Waals surface area contributed by atoms with E-state index in [4.69, 9.17) is 0 Å². The van der Waals surface area contributed by atoms with E-state index in [1.165, 1.54) is 24.0 Å². The largest absolute Gasteiger partial charge is 0.481 e. The smallest absolute Gasteiger partial charge is 0.303 e. The zero-order chi connectivity index (χ0) is 24.8. The summed E-state index contributed by atoms with van der Waals surface area (Å²) in [6, 6.07) is 0. The minimum Gasteiger partial charge on any atom is -0.481 e. The van der Waals surface area contributed by atoms with E-state index in [1.807, 2.05) is 0 Å². The van der Waals surface area contributed by atoms with E-state index in [-0.39, 0.29) is 22.7 Å². The molecule has 3 saturated carbocycles. The second-order valence-electron chi connectivity index (χ2n) is 13.2. The molecule has 2 N–H and O–H groups in total. The van der Waals surface area contributed by atoms with Crippen LogP contribution in [0.4, 0.5) is 0 Å². The molecule has 33 heavy (non-hydrogen) atoms. The first-order valence-electron chi connectivity index (χ1n) is 13.4. The normalized spacial score (nSPS) is 42.1. The van der Waals surface area contributed by atoms with Gasteiger partial charge in [0.1, 0.15) is 0 Å². The molecule has 0 bridgehead atoms. The first-order valence-corrected chi connectivity index (χ1v) is 13.4. The van der Waals surface area contributed by atoms with E-state index in [9.17, 15) is 15.0 Å². The fourth-order valence-corrected chi connectivity index (χ4v) is 9.23. The zero-order valence-electron chi connectivity index (χ0n) is 22.5. The van der Waals surface area contributed by atoms with Gasteiger partial charge in [0.25, 0.3) is 0 Å². The summed E-state index contributed by atoms with van der Waals surface area (Å²) in [5.41, 5.74) is 2.29. The number of aliphatic hydroxyl groups is 1. The number of carboxylic acids is 1. The molecule has 3 heteroatoms. The maximum Gasteiger partial charge on any atom is 0.303 e. The topological polar surface area (TPSA) is 57.5 Å². The minimum atomic E-state index is -0.683. The molecule has 8 atom stereocenters. The molecule has 0 aromatic carbocycles. The van der Waals surface area contributed by atoms with Crippen molar-refractivity contribution in [2.24, 2.45) is 39.9 Å². The van der Waals surface area contributed by atoms with Crippen LogP contribution in [-0.2, 0) is 4.79 Å². The lowest BCUT2D eigenvalue weighted by Crippen LogP contribution is -2.60. The maximum absolute atomic E-state index is 11.6. The number of carbonyl (C=O) groups is 1. The lowest BCUT2D eigenvalue weighted by molar-refractivity contribution is -0.179. The molecule has 3 fully saturated rings. The Bertz CT molecular complexity index is 790. The van der Waals surface area contributed by atoms with Gasteiger partial charge in [-0.1, -0.05) is 44.6 Å². The third kappa shape index (κ3) is 4.48. The fourth-order valence-electron chi connectivity index (χ4n) is 9.23. The van der Waals surface area contributed by atoms with Crippen LogP contribution in [0, 0.1) is 39.9 Å². The molecule has 3 aliphatic rings. The van der Waals surface area contributed by atoms with Crippen molar-refractivity contribution in [2.45, 2.75) is 118 Å². The Balaban J connectivity index is 1.91. The van der Waals surface area contributed by atoms with Gasteiger partial charge < -0.3 is 10.2 Å². The number of allylic oxidation sites excluding steroid dienone is 3. The van der Waals surface area contributed by atoms with Crippen molar-refractivity contribution in [3.8, 4) is 0 Å². The van der Waals surface area contributed by atoms with Gasteiger partial charge in [0.15, 0.2) is 0 Å². The van der Waals surface area contributed by atoms with E-state index >= 15 is 0 Å². The van der Waals surface area contributed by atoms with Crippen molar-refractivity contribution in [1.82, 2.24) is 0 Å². The summed E-state index contributed by atoms with van der Waals surface area (Å²) in [7, 11) is 0. The number of carboxylic acid groups (broad SMARTS) is 1. The third-order valence-electron chi connectivity index (χ3n) is 11.1. The van der Waals surface area contributed by atoms with Gasteiger partial charge in [0.05, 0.1) is 5.60 Å². The van der Waals surface area contributed by atoms with Crippen LogP contribution in [0.1, 0.15) is 113 Å². The van der Waals surface area contributed by atoms with Crippen LogP contribution < -0.4 is 0 Å². The highest BCUT2D eigenvalue weighted by atomic mass is 16.4. The Morgan fingerprint density at radius 3 is 2.27 bits per heavy atom.